The lowest BCUT2D eigenvalue weighted by atomic mass is 10.1. The van der Waals surface area contributed by atoms with E-state index < -0.39 is 11.7 Å². The summed E-state index contributed by atoms with van der Waals surface area (Å²) in [6, 6.07) is 28.5. The number of hydrogen-bond donors (Lipinski definition) is 0. The lowest BCUT2D eigenvalue weighted by molar-refractivity contribution is -0.137. The number of benzene rings is 4. The normalized spacial score (nSPS) is 16.3. The minimum atomic E-state index is -4.40. The molecule has 9 heteroatoms. The van der Waals surface area contributed by atoms with E-state index in [0.717, 1.165) is 39.4 Å². The van der Waals surface area contributed by atoms with Gasteiger partial charge in [-0.3, -0.25) is 9.59 Å². The smallest absolute Gasteiger partial charge is 0.368 e. The number of para-hydroxylation sites is 1. The number of carbonyl (C=O) groups excluding carboxylic acids is 2. The van der Waals surface area contributed by atoms with Gasteiger partial charge in [0.05, 0.1) is 22.7 Å². The van der Waals surface area contributed by atoms with E-state index in [1.807, 2.05) is 77.4 Å². The molecule has 6 rings (SSSR count). The molecular formula is C35H30F3N3O2S. The summed E-state index contributed by atoms with van der Waals surface area (Å²) < 4.78 is 39.4. The first-order chi connectivity index (χ1) is 21.2. The number of nitrogens with zero attached hydrogens (tertiary/aromatic N) is 3. The second kappa shape index (κ2) is 12.2. The number of carbonyl (C=O) groups is 2. The number of amides is 2. The number of thioether (sulfide) groups is 1. The molecule has 2 aliphatic heterocycles. The summed E-state index contributed by atoms with van der Waals surface area (Å²) >= 11 is 1.44. The van der Waals surface area contributed by atoms with Gasteiger partial charge >= 0.3 is 6.18 Å². The monoisotopic (exact) mass is 613 g/mol. The lowest BCUT2D eigenvalue weighted by Crippen LogP contribution is -2.48. The molecule has 0 aliphatic carbocycles. The molecule has 0 spiro atoms. The fourth-order valence-electron chi connectivity index (χ4n) is 5.51. The molecule has 2 heterocycles. The van der Waals surface area contributed by atoms with Gasteiger partial charge in [-0.2, -0.15) is 13.2 Å². The van der Waals surface area contributed by atoms with E-state index in [-0.39, 0.29) is 11.8 Å². The molecule has 0 unspecified atom stereocenters. The maximum atomic E-state index is 13.7. The predicted molar refractivity (Wildman–Crippen MR) is 169 cm³/mol. The third kappa shape index (κ3) is 6.38. The van der Waals surface area contributed by atoms with Crippen LogP contribution in [0.4, 0.5) is 24.5 Å². The van der Waals surface area contributed by atoms with Crippen molar-refractivity contribution in [3.63, 3.8) is 0 Å². The second-order valence-corrected chi connectivity index (χ2v) is 12.0. The number of aryl methyl sites for hydroxylation is 1. The Balaban J connectivity index is 1.14. The molecule has 0 bridgehead atoms. The van der Waals surface area contributed by atoms with Crippen LogP contribution < -0.4 is 9.80 Å². The van der Waals surface area contributed by atoms with E-state index in [2.05, 4.69) is 6.07 Å². The van der Waals surface area contributed by atoms with Gasteiger partial charge in [-0.1, -0.05) is 71.9 Å². The van der Waals surface area contributed by atoms with Crippen molar-refractivity contribution in [1.29, 1.82) is 0 Å². The molecule has 1 fully saturated rings. The molecular weight excluding hydrogens is 583 g/mol. The van der Waals surface area contributed by atoms with Crippen molar-refractivity contribution in [3.8, 4) is 0 Å². The van der Waals surface area contributed by atoms with Crippen LogP contribution in [0.2, 0.25) is 0 Å². The Kier molecular flexibility index (Phi) is 8.23. The fourth-order valence-corrected chi connectivity index (χ4v) is 6.57. The topological polar surface area (TPSA) is 43.9 Å². The van der Waals surface area contributed by atoms with Gasteiger partial charge in [0.15, 0.2) is 0 Å². The Morgan fingerprint density at radius 1 is 0.864 bits per heavy atom. The SMILES string of the molecule is Cc1cccc(CN2C(=O)C(=Cc3ccc(C(=O)N4CCN(c5cccc(C(F)(F)F)c5)CC4)cc3)Sc3ccccc32)c1. The molecule has 2 amide bonds. The molecule has 0 atom stereocenters. The Morgan fingerprint density at radius 2 is 1.59 bits per heavy atom. The van der Waals surface area contributed by atoms with Gasteiger partial charge in [0, 0.05) is 42.3 Å². The van der Waals surface area contributed by atoms with Crippen LogP contribution in [0, 0.1) is 6.92 Å². The highest BCUT2D eigenvalue weighted by molar-refractivity contribution is 8.04. The van der Waals surface area contributed by atoms with Crippen LogP contribution in [-0.2, 0) is 17.5 Å². The first-order valence-electron chi connectivity index (χ1n) is 14.3. The van der Waals surface area contributed by atoms with Crippen molar-refractivity contribution in [2.24, 2.45) is 0 Å². The van der Waals surface area contributed by atoms with Crippen LogP contribution in [-0.4, -0.2) is 42.9 Å². The van der Waals surface area contributed by atoms with Crippen LogP contribution in [0.15, 0.2) is 107 Å². The average molecular weight is 614 g/mol. The summed E-state index contributed by atoms with van der Waals surface area (Å²) in [6.07, 6.45) is -2.54. The number of anilines is 2. The summed E-state index contributed by atoms with van der Waals surface area (Å²) in [6.45, 7) is 4.19. The molecule has 1 saturated heterocycles. The average Bonchev–Trinajstić information content (AvgIpc) is 3.03. The molecule has 0 aromatic heterocycles. The van der Waals surface area contributed by atoms with E-state index in [1.165, 1.54) is 17.8 Å². The van der Waals surface area contributed by atoms with Crippen molar-refractivity contribution in [2.45, 2.75) is 24.5 Å². The van der Waals surface area contributed by atoms with Crippen LogP contribution in [0.5, 0.6) is 0 Å². The Bertz CT molecular complexity index is 1730. The molecule has 5 nitrogen and oxygen atoms in total. The number of fused-ring (bicyclic) bond motifs is 1. The molecule has 0 saturated carbocycles. The van der Waals surface area contributed by atoms with Gasteiger partial charge in [-0.15, -0.1) is 0 Å². The van der Waals surface area contributed by atoms with Crippen molar-refractivity contribution in [3.05, 3.63) is 130 Å². The van der Waals surface area contributed by atoms with Crippen molar-refractivity contribution >= 4 is 41.0 Å². The number of hydrogen-bond acceptors (Lipinski definition) is 4. The summed E-state index contributed by atoms with van der Waals surface area (Å²) in [4.78, 5) is 33.9. The largest absolute Gasteiger partial charge is 0.416 e. The Morgan fingerprint density at radius 3 is 2.32 bits per heavy atom. The highest BCUT2D eigenvalue weighted by Crippen LogP contribution is 2.42. The van der Waals surface area contributed by atoms with Gasteiger partial charge in [0.25, 0.3) is 11.8 Å². The maximum absolute atomic E-state index is 13.7. The van der Waals surface area contributed by atoms with Crippen LogP contribution >= 0.6 is 11.8 Å². The number of alkyl halides is 3. The van der Waals surface area contributed by atoms with Crippen LogP contribution in [0.3, 0.4) is 0 Å². The van der Waals surface area contributed by atoms with E-state index in [4.69, 9.17) is 0 Å². The van der Waals surface area contributed by atoms with E-state index >= 15 is 0 Å². The standard InChI is InChI=1S/C35H30F3N3O2S/c1-24-6-4-7-26(20-24)23-41-30-10-2-3-11-31(30)44-32(34(41)43)21-25-12-14-27(15-13-25)33(42)40-18-16-39(17-19-40)29-9-5-8-28(22-29)35(36,37)38/h2-15,20-22H,16-19,23H2,1H3. The molecule has 4 aromatic rings. The lowest BCUT2D eigenvalue weighted by Gasteiger charge is -2.36. The maximum Gasteiger partial charge on any atom is 0.416 e. The minimum absolute atomic E-state index is 0.0750. The van der Waals surface area contributed by atoms with E-state index in [1.54, 1.807) is 23.1 Å². The molecule has 224 valence electrons. The van der Waals surface area contributed by atoms with E-state index in [0.29, 0.717) is 48.9 Å². The fraction of sp³-hybridized carbons (Fsp3) is 0.200. The third-order valence-electron chi connectivity index (χ3n) is 7.82. The predicted octanol–water partition coefficient (Wildman–Crippen LogP) is 7.66. The molecule has 0 radical (unpaired) electrons. The summed E-state index contributed by atoms with van der Waals surface area (Å²) in [7, 11) is 0. The van der Waals surface area contributed by atoms with Gasteiger partial charge in [-0.05, 0) is 66.6 Å². The van der Waals surface area contributed by atoms with Crippen molar-refractivity contribution in [2.75, 3.05) is 36.0 Å². The molecule has 4 aromatic carbocycles. The third-order valence-corrected chi connectivity index (χ3v) is 8.89. The summed E-state index contributed by atoms with van der Waals surface area (Å²) in [5, 5.41) is 0. The molecule has 44 heavy (non-hydrogen) atoms. The Hall–Kier alpha value is -4.50. The summed E-state index contributed by atoms with van der Waals surface area (Å²) in [5.74, 6) is -0.205. The van der Waals surface area contributed by atoms with Crippen LogP contribution in [0.25, 0.3) is 6.08 Å². The minimum Gasteiger partial charge on any atom is -0.368 e. The second-order valence-electron chi connectivity index (χ2n) is 10.9. The van der Waals surface area contributed by atoms with Crippen molar-refractivity contribution in [1.82, 2.24) is 4.90 Å². The quantitative estimate of drug-likeness (QED) is 0.217. The first-order valence-corrected chi connectivity index (χ1v) is 15.1. The molecule has 2 aliphatic rings. The highest BCUT2D eigenvalue weighted by atomic mass is 32.2. The van der Waals surface area contributed by atoms with E-state index in [9.17, 15) is 22.8 Å². The first kappa shape index (κ1) is 29.6. The summed E-state index contributed by atoms with van der Waals surface area (Å²) in [5.41, 5.74) is 4.22. The van der Waals surface area contributed by atoms with Gasteiger partial charge < -0.3 is 14.7 Å². The van der Waals surface area contributed by atoms with Gasteiger partial charge in [0.2, 0.25) is 0 Å². The number of piperazine rings is 1. The zero-order valence-electron chi connectivity index (χ0n) is 24.1. The number of rotatable bonds is 5. The number of halogens is 3. The zero-order chi connectivity index (χ0) is 30.8. The van der Waals surface area contributed by atoms with Crippen molar-refractivity contribution < 1.29 is 22.8 Å². The zero-order valence-corrected chi connectivity index (χ0v) is 24.9. The van der Waals surface area contributed by atoms with Gasteiger partial charge in [0.1, 0.15) is 0 Å². The van der Waals surface area contributed by atoms with Crippen LogP contribution in [0.1, 0.15) is 32.6 Å². The highest BCUT2D eigenvalue weighted by Gasteiger charge is 2.32. The molecule has 0 N–H and O–H groups in total. The van der Waals surface area contributed by atoms with Gasteiger partial charge in [-0.25, -0.2) is 0 Å². The Labute approximate surface area is 258 Å².